The third-order valence-electron chi connectivity index (χ3n) is 4.07. The first-order chi connectivity index (χ1) is 11.6. The van der Waals surface area contributed by atoms with Gasteiger partial charge in [-0.15, -0.1) is 0 Å². The van der Waals surface area contributed by atoms with Crippen LogP contribution in [-0.2, 0) is 6.54 Å². The summed E-state index contributed by atoms with van der Waals surface area (Å²) in [7, 11) is 0. The number of pyridine rings is 1. The summed E-state index contributed by atoms with van der Waals surface area (Å²) in [5.41, 5.74) is 3.67. The summed E-state index contributed by atoms with van der Waals surface area (Å²) in [6, 6.07) is 14.0. The summed E-state index contributed by atoms with van der Waals surface area (Å²) in [6.07, 6.45) is 2.78. The summed E-state index contributed by atoms with van der Waals surface area (Å²) >= 11 is 3.46. The fourth-order valence-corrected chi connectivity index (χ4v) is 3.03. The average molecular weight is 386 g/mol. The highest BCUT2D eigenvalue weighted by molar-refractivity contribution is 9.10. The highest BCUT2D eigenvalue weighted by atomic mass is 79.9. The van der Waals surface area contributed by atoms with E-state index in [0.717, 1.165) is 22.2 Å². The van der Waals surface area contributed by atoms with Gasteiger partial charge in [-0.05, 0) is 42.7 Å². The number of aromatic nitrogens is 2. The molecule has 2 heterocycles. The van der Waals surface area contributed by atoms with Gasteiger partial charge in [-0.1, -0.05) is 41.1 Å². The SMILES string of the molecule is CC[C@H](NCc1cc(=O)n2cc(C)ccc2n1)c1ccc(Br)cc1. The van der Waals surface area contributed by atoms with E-state index in [0.29, 0.717) is 12.2 Å². The molecule has 0 bridgehead atoms. The number of fused-ring (bicyclic) bond motifs is 1. The number of nitrogens with one attached hydrogen (secondary N) is 1. The van der Waals surface area contributed by atoms with Gasteiger partial charge in [-0.25, -0.2) is 4.98 Å². The van der Waals surface area contributed by atoms with Crippen LogP contribution in [-0.4, -0.2) is 9.38 Å². The molecular formula is C19H20BrN3O. The normalized spacial score (nSPS) is 12.5. The van der Waals surface area contributed by atoms with Crippen LogP contribution >= 0.6 is 15.9 Å². The molecule has 0 radical (unpaired) electrons. The minimum absolute atomic E-state index is 0.0443. The minimum Gasteiger partial charge on any atom is -0.304 e. The van der Waals surface area contributed by atoms with Crippen LogP contribution in [0.5, 0.6) is 0 Å². The second kappa shape index (κ2) is 7.28. The molecule has 1 aromatic carbocycles. The van der Waals surface area contributed by atoms with Gasteiger partial charge in [-0.3, -0.25) is 9.20 Å². The minimum atomic E-state index is -0.0443. The zero-order valence-electron chi connectivity index (χ0n) is 13.8. The maximum Gasteiger partial charge on any atom is 0.258 e. The molecule has 0 fully saturated rings. The van der Waals surface area contributed by atoms with E-state index in [2.05, 4.69) is 45.3 Å². The van der Waals surface area contributed by atoms with E-state index in [1.807, 2.05) is 37.4 Å². The monoisotopic (exact) mass is 385 g/mol. The molecule has 0 amide bonds. The Hall–Kier alpha value is -1.98. The van der Waals surface area contributed by atoms with Crippen LogP contribution in [0.15, 0.2) is 57.9 Å². The molecule has 0 spiro atoms. The Balaban J connectivity index is 1.80. The first-order valence-corrected chi connectivity index (χ1v) is 8.84. The van der Waals surface area contributed by atoms with E-state index in [9.17, 15) is 4.79 Å². The lowest BCUT2D eigenvalue weighted by Crippen LogP contribution is -2.23. The summed E-state index contributed by atoms with van der Waals surface area (Å²) in [4.78, 5) is 16.8. The third kappa shape index (κ3) is 3.74. The van der Waals surface area contributed by atoms with Crippen LogP contribution in [0.25, 0.3) is 5.65 Å². The molecule has 124 valence electrons. The molecule has 3 rings (SSSR count). The maximum absolute atomic E-state index is 12.3. The van der Waals surface area contributed by atoms with Crippen molar-refractivity contribution in [3.05, 3.63) is 80.3 Å². The number of hydrogen-bond donors (Lipinski definition) is 1. The van der Waals surface area contributed by atoms with Gasteiger partial charge >= 0.3 is 0 Å². The number of rotatable bonds is 5. The molecule has 2 aromatic heterocycles. The fourth-order valence-electron chi connectivity index (χ4n) is 2.77. The van der Waals surface area contributed by atoms with Crippen LogP contribution in [0.1, 0.15) is 36.2 Å². The zero-order valence-corrected chi connectivity index (χ0v) is 15.4. The molecule has 1 atom stereocenters. The molecule has 0 unspecified atom stereocenters. The van der Waals surface area contributed by atoms with Crippen LogP contribution in [0.3, 0.4) is 0 Å². The van der Waals surface area contributed by atoms with E-state index in [-0.39, 0.29) is 11.6 Å². The standard InChI is InChI=1S/C19H20BrN3O/c1-3-17(14-5-7-15(20)8-6-14)21-11-16-10-19(24)23-12-13(2)4-9-18(23)22-16/h4-10,12,17,21H,3,11H2,1-2H3/t17-/m0/s1. The predicted molar refractivity (Wildman–Crippen MR) is 100 cm³/mol. The Morgan fingerprint density at radius 1 is 1.21 bits per heavy atom. The summed E-state index contributed by atoms with van der Waals surface area (Å²) in [5.74, 6) is 0. The lowest BCUT2D eigenvalue weighted by molar-refractivity contribution is 0.514. The Bertz CT molecular complexity index is 903. The summed E-state index contributed by atoms with van der Waals surface area (Å²) in [6.45, 7) is 4.67. The number of nitrogens with zero attached hydrogens (tertiary/aromatic N) is 2. The van der Waals surface area contributed by atoms with Gasteiger partial charge in [-0.2, -0.15) is 0 Å². The van der Waals surface area contributed by atoms with Gasteiger partial charge in [0.2, 0.25) is 0 Å². The van der Waals surface area contributed by atoms with E-state index >= 15 is 0 Å². The number of hydrogen-bond acceptors (Lipinski definition) is 3. The molecular weight excluding hydrogens is 366 g/mol. The molecule has 0 saturated carbocycles. The molecule has 5 heteroatoms. The van der Waals surface area contributed by atoms with Crippen molar-refractivity contribution in [3.8, 4) is 0 Å². The van der Waals surface area contributed by atoms with Gasteiger partial charge in [0.1, 0.15) is 5.65 Å². The number of halogens is 1. The van der Waals surface area contributed by atoms with Crippen molar-refractivity contribution in [2.24, 2.45) is 0 Å². The second-order valence-corrected chi connectivity index (χ2v) is 6.83. The van der Waals surface area contributed by atoms with Gasteiger partial charge < -0.3 is 5.32 Å². The Morgan fingerprint density at radius 2 is 1.96 bits per heavy atom. The topological polar surface area (TPSA) is 46.4 Å². The van der Waals surface area contributed by atoms with E-state index in [1.165, 1.54) is 5.56 Å². The Kier molecular flexibility index (Phi) is 5.11. The van der Waals surface area contributed by atoms with Gasteiger partial charge in [0.15, 0.2) is 0 Å². The molecule has 0 aliphatic rings. The fraction of sp³-hybridized carbons (Fsp3) is 0.263. The van der Waals surface area contributed by atoms with Gasteiger partial charge in [0.25, 0.3) is 5.56 Å². The van der Waals surface area contributed by atoms with Crippen molar-refractivity contribution < 1.29 is 0 Å². The number of aryl methyl sites for hydroxylation is 1. The summed E-state index contributed by atoms with van der Waals surface area (Å²) < 4.78 is 2.66. The average Bonchev–Trinajstić information content (AvgIpc) is 2.57. The second-order valence-electron chi connectivity index (χ2n) is 5.91. The molecule has 3 aromatic rings. The van der Waals surface area contributed by atoms with E-state index in [4.69, 9.17) is 0 Å². The maximum atomic E-state index is 12.3. The quantitative estimate of drug-likeness (QED) is 0.721. The van der Waals surface area contributed by atoms with Crippen LogP contribution in [0, 0.1) is 6.92 Å². The van der Waals surface area contributed by atoms with Crippen molar-refractivity contribution in [1.82, 2.24) is 14.7 Å². The molecule has 1 N–H and O–H groups in total. The molecule has 0 saturated heterocycles. The molecule has 0 aliphatic heterocycles. The van der Waals surface area contributed by atoms with Crippen molar-refractivity contribution in [3.63, 3.8) is 0 Å². The van der Waals surface area contributed by atoms with E-state index < -0.39 is 0 Å². The first-order valence-electron chi connectivity index (χ1n) is 8.04. The smallest absolute Gasteiger partial charge is 0.258 e. The Labute approximate surface area is 149 Å². The van der Waals surface area contributed by atoms with Gasteiger partial charge in [0.05, 0.1) is 5.69 Å². The van der Waals surface area contributed by atoms with Crippen LogP contribution in [0.4, 0.5) is 0 Å². The molecule has 24 heavy (non-hydrogen) atoms. The van der Waals surface area contributed by atoms with Crippen LogP contribution < -0.4 is 10.9 Å². The van der Waals surface area contributed by atoms with Crippen molar-refractivity contribution in [1.29, 1.82) is 0 Å². The summed E-state index contributed by atoms with van der Waals surface area (Å²) in [5, 5.41) is 3.50. The molecule has 0 aliphatic carbocycles. The highest BCUT2D eigenvalue weighted by Crippen LogP contribution is 2.19. The van der Waals surface area contributed by atoms with Crippen LogP contribution in [0.2, 0.25) is 0 Å². The zero-order chi connectivity index (χ0) is 17.1. The Morgan fingerprint density at radius 3 is 2.67 bits per heavy atom. The van der Waals surface area contributed by atoms with Crippen molar-refractivity contribution in [2.45, 2.75) is 32.9 Å². The van der Waals surface area contributed by atoms with Crippen molar-refractivity contribution in [2.75, 3.05) is 0 Å². The highest BCUT2D eigenvalue weighted by Gasteiger charge is 2.10. The van der Waals surface area contributed by atoms with Crippen molar-refractivity contribution >= 4 is 21.6 Å². The lowest BCUT2D eigenvalue weighted by Gasteiger charge is -2.17. The van der Waals surface area contributed by atoms with E-state index in [1.54, 1.807) is 10.5 Å². The largest absolute Gasteiger partial charge is 0.304 e. The third-order valence-corrected chi connectivity index (χ3v) is 4.60. The molecule has 4 nitrogen and oxygen atoms in total. The number of benzene rings is 1. The van der Waals surface area contributed by atoms with Gasteiger partial charge in [0, 0.05) is 29.3 Å². The predicted octanol–water partition coefficient (Wildman–Crippen LogP) is 4.01. The first kappa shape index (κ1) is 16.9. The lowest BCUT2D eigenvalue weighted by atomic mass is 10.0.